The van der Waals surface area contributed by atoms with E-state index in [-0.39, 0.29) is 5.91 Å². The number of halogens is 1. The molecule has 3 heteroatoms. The summed E-state index contributed by atoms with van der Waals surface area (Å²) in [5.41, 5.74) is 1.09. The van der Waals surface area contributed by atoms with Gasteiger partial charge >= 0.3 is 0 Å². The minimum Gasteiger partial charge on any atom is -0.344 e. The Morgan fingerprint density at radius 1 is 1.21 bits per heavy atom. The molecule has 0 bridgehead atoms. The molecule has 2 aromatic carbocycles. The highest BCUT2D eigenvalue weighted by Crippen LogP contribution is 2.19. The lowest BCUT2D eigenvalue weighted by Gasteiger charge is -2.19. The molecule has 0 N–H and O–H groups in total. The summed E-state index contributed by atoms with van der Waals surface area (Å²) in [5.74, 6) is 0.155. The number of amides is 1. The van der Waals surface area contributed by atoms with Crippen LogP contribution in [0.2, 0.25) is 0 Å². The highest BCUT2D eigenvalue weighted by atomic mass is 79.9. The number of benzene rings is 2. The maximum atomic E-state index is 12.2. The monoisotopic (exact) mass is 319 g/mol. The van der Waals surface area contributed by atoms with Gasteiger partial charge in [-0.15, -0.1) is 0 Å². The minimum atomic E-state index is 0.155. The number of nitrogens with zero attached hydrogens (tertiary/aromatic N) is 1. The average Bonchev–Trinajstić information content (AvgIpc) is 2.38. The molecule has 0 heterocycles. The van der Waals surface area contributed by atoms with Gasteiger partial charge in [0.25, 0.3) is 0 Å². The lowest BCUT2D eigenvalue weighted by Crippen LogP contribution is -2.32. The quantitative estimate of drug-likeness (QED) is 0.788. The predicted molar refractivity (Wildman–Crippen MR) is 83.7 cm³/mol. The van der Waals surface area contributed by atoms with E-state index in [4.69, 9.17) is 0 Å². The first-order valence-corrected chi connectivity index (χ1v) is 7.34. The summed E-state index contributed by atoms with van der Waals surface area (Å²) >= 11 is 3.47. The number of likely N-dealkylation sites (N-methyl/N-ethyl adjacent to an activating group) is 1. The Hall–Kier alpha value is -1.35. The van der Waals surface area contributed by atoms with Crippen LogP contribution in [0, 0.1) is 0 Å². The molecule has 0 spiro atoms. The van der Waals surface area contributed by atoms with Crippen molar-refractivity contribution in [3.63, 3.8) is 0 Å². The molecule has 100 valence electrons. The maximum Gasteiger partial charge on any atom is 0.226 e. The first kappa shape index (κ1) is 14.1. The molecule has 0 aliphatic rings. The molecule has 2 nitrogen and oxygen atoms in total. The summed E-state index contributed by atoms with van der Waals surface area (Å²) < 4.78 is 0. The van der Waals surface area contributed by atoms with Crippen molar-refractivity contribution in [1.29, 1.82) is 0 Å². The van der Waals surface area contributed by atoms with Crippen LogP contribution >= 0.6 is 15.9 Å². The van der Waals surface area contributed by atoms with Gasteiger partial charge in [-0.1, -0.05) is 65.3 Å². The fraction of sp³-hybridized carbons (Fsp3) is 0.312. The predicted octanol–water partition coefficient (Wildman–Crippen LogP) is 3.62. The second-order valence-corrected chi connectivity index (χ2v) is 6.43. The van der Waals surface area contributed by atoms with Crippen molar-refractivity contribution >= 4 is 32.6 Å². The molecule has 0 saturated heterocycles. The SMILES string of the molecule is CC(Br)CN(C)C(=O)Cc1cccc2ccccc12. The van der Waals surface area contributed by atoms with E-state index in [0.717, 1.165) is 12.1 Å². The van der Waals surface area contributed by atoms with Crippen molar-refractivity contribution in [2.45, 2.75) is 18.2 Å². The fourth-order valence-corrected chi connectivity index (χ4v) is 2.66. The second-order valence-electron chi connectivity index (χ2n) is 4.87. The summed E-state index contributed by atoms with van der Waals surface area (Å²) in [6.07, 6.45) is 0.456. The lowest BCUT2D eigenvalue weighted by molar-refractivity contribution is -0.129. The number of hydrogen-bond donors (Lipinski definition) is 0. The Bertz CT molecular complexity index is 574. The van der Waals surface area contributed by atoms with E-state index in [2.05, 4.69) is 34.1 Å². The Labute approximate surface area is 122 Å². The third-order valence-electron chi connectivity index (χ3n) is 3.17. The topological polar surface area (TPSA) is 20.3 Å². The van der Waals surface area contributed by atoms with Gasteiger partial charge in [0.05, 0.1) is 6.42 Å². The van der Waals surface area contributed by atoms with Crippen LogP contribution in [-0.2, 0) is 11.2 Å². The van der Waals surface area contributed by atoms with E-state index in [9.17, 15) is 4.79 Å². The molecular weight excluding hydrogens is 302 g/mol. The van der Waals surface area contributed by atoms with Crippen molar-refractivity contribution in [2.24, 2.45) is 0 Å². The Morgan fingerprint density at radius 3 is 2.63 bits per heavy atom. The molecule has 1 atom stereocenters. The highest BCUT2D eigenvalue weighted by Gasteiger charge is 2.12. The van der Waals surface area contributed by atoms with E-state index in [1.807, 2.05) is 38.2 Å². The van der Waals surface area contributed by atoms with Gasteiger partial charge in [0.2, 0.25) is 5.91 Å². The van der Waals surface area contributed by atoms with E-state index in [1.54, 1.807) is 4.90 Å². The summed E-state index contributed by atoms with van der Waals surface area (Å²) in [7, 11) is 1.85. The zero-order chi connectivity index (χ0) is 13.8. The van der Waals surface area contributed by atoms with Gasteiger partial charge < -0.3 is 4.90 Å². The summed E-state index contributed by atoms with van der Waals surface area (Å²) in [6, 6.07) is 14.3. The molecule has 1 amide bonds. The molecule has 0 aliphatic heterocycles. The van der Waals surface area contributed by atoms with Crippen molar-refractivity contribution in [3.8, 4) is 0 Å². The Kier molecular flexibility index (Phi) is 4.59. The van der Waals surface area contributed by atoms with Gasteiger partial charge in [0.1, 0.15) is 0 Å². The van der Waals surface area contributed by atoms with Crippen molar-refractivity contribution in [2.75, 3.05) is 13.6 Å². The molecule has 2 aromatic rings. The van der Waals surface area contributed by atoms with Gasteiger partial charge in [-0.25, -0.2) is 0 Å². The number of carbonyl (C=O) groups excluding carboxylic acids is 1. The fourth-order valence-electron chi connectivity index (χ4n) is 2.22. The molecule has 0 saturated carbocycles. The molecule has 2 rings (SSSR count). The number of rotatable bonds is 4. The number of hydrogen-bond acceptors (Lipinski definition) is 1. The van der Waals surface area contributed by atoms with Crippen LogP contribution in [0.5, 0.6) is 0 Å². The van der Waals surface area contributed by atoms with Gasteiger partial charge in [-0.3, -0.25) is 4.79 Å². The summed E-state index contributed by atoms with van der Waals surface area (Å²) in [6.45, 7) is 2.77. The van der Waals surface area contributed by atoms with Gasteiger partial charge in [0, 0.05) is 18.4 Å². The normalized spacial score (nSPS) is 12.4. The van der Waals surface area contributed by atoms with Gasteiger partial charge in [-0.05, 0) is 16.3 Å². The number of fused-ring (bicyclic) bond motifs is 1. The molecule has 0 radical (unpaired) electrons. The van der Waals surface area contributed by atoms with E-state index >= 15 is 0 Å². The molecule has 19 heavy (non-hydrogen) atoms. The molecule has 1 unspecified atom stereocenters. The Balaban J connectivity index is 2.19. The molecule has 0 aliphatic carbocycles. The van der Waals surface area contributed by atoms with Crippen LogP contribution in [0.15, 0.2) is 42.5 Å². The van der Waals surface area contributed by atoms with Crippen molar-refractivity contribution in [3.05, 3.63) is 48.0 Å². The highest BCUT2D eigenvalue weighted by molar-refractivity contribution is 9.09. The standard InChI is InChI=1S/C16H18BrNO/c1-12(17)11-18(2)16(19)10-14-8-5-7-13-6-3-4-9-15(13)14/h3-9,12H,10-11H2,1-2H3. The van der Waals surface area contributed by atoms with Gasteiger partial charge in [-0.2, -0.15) is 0 Å². The number of alkyl halides is 1. The lowest BCUT2D eigenvalue weighted by atomic mass is 10.0. The zero-order valence-corrected chi connectivity index (χ0v) is 12.9. The van der Waals surface area contributed by atoms with Crippen molar-refractivity contribution in [1.82, 2.24) is 4.90 Å². The summed E-state index contributed by atoms with van der Waals surface area (Å²) in [4.78, 5) is 14.3. The van der Waals surface area contributed by atoms with Crippen LogP contribution in [0.3, 0.4) is 0 Å². The molecular formula is C16H18BrNO. The average molecular weight is 320 g/mol. The molecule has 0 fully saturated rings. The van der Waals surface area contributed by atoms with Crippen LogP contribution < -0.4 is 0 Å². The first-order chi connectivity index (χ1) is 9.08. The smallest absolute Gasteiger partial charge is 0.226 e. The largest absolute Gasteiger partial charge is 0.344 e. The van der Waals surface area contributed by atoms with E-state index in [0.29, 0.717) is 11.2 Å². The van der Waals surface area contributed by atoms with Gasteiger partial charge in [0.15, 0.2) is 0 Å². The third-order valence-corrected chi connectivity index (χ3v) is 3.46. The van der Waals surface area contributed by atoms with Crippen LogP contribution in [0.25, 0.3) is 10.8 Å². The number of carbonyl (C=O) groups is 1. The van der Waals surface area contributed by atoms with Crippen molar-refractivity contribution < 1.29 is 4.79 Å². The zero-order valence-electron chi connectivity index (χ0n) is 11.3. The van der Waals surface area contributed by atoms with E-state index in [1.165, 1.54) is 10.8 Å². The molecule has 0 aromatic heterocycles. The minimum absolute atomic E-state index is 0.155. The summed E-state index contributed by atoms with van der Waals surface area (Å²) in [5, 5.41) is 2.35. The first-order valence-electron chi connectivity index (χ1n) is 6.42. The second kappa shape index (κ2) is 6.20. The van der Waals surface area contributed by atoms with E-state index < -0.39 is 0 Å². The van der Waals surface area contributed by atoms with Crippen LogP contribution in [0.1, 0.15) is 12.5 Å². The van der Waals surface area contributed by atoms with Crippen LogP contribution in [0.4, 0.5) is 0 Å². The Morgan fingerprint density at radius 2 is 1.89 bits per heavy atom. The maximum absolute atomic E-state index is 12.2. The van der Waals surface area contributed by atoms with Crippen LogP contribution in [-0.4, -0.2) is 29.2 Å². The third kappa shape index (κ3) is 3.57.